The van der Waals surface area contributed by atoms with Gasteiger partial charge in [0.25, 0.3) is 0 Å². The van der Waals surface area contributed by atoms with E-state index in [0.717, 1.165) is 24.7 Å². The molecule has 1 aromatic carbocycles. The number of sulfonamides is 1. The Hall–Kier alpha value is -0.620. The summed E-state index contributed by atoms with van der Waals surface area (Å²) in [5.41, 5.74) is 0.791. The summed E-state index contributed by atoms with van der Waals surface area (Å²) in [7, 11) is -3.21. The van der Waals surface area contributed by atoms with Crippen molar-refractivity contribution in [3.05, 3.63) is 34.9 Å². The lowest BCUT2D eigenvalue weighted by molar-refractivity contribution is 0.180. The van der Waals surface area contributed by atoms with Crippen molar-refractivity contribution >= 4 is 21.6 Å². The van der Waals surface area contributed by atoms with Crippen LogP contribution in [0.25, 0.3) is 0 Å². The highest BCUT2D eigenvalue weighted by atomic mass is 35.5. The van der Waals surface area contributed by atoms with Crippen LogP contribution in [0.3, 0.4) is 0 Å². The number of hydrogen-bond acceptors (Lipinski definition) is 3. The summed E-state index contributed by atoms with van der Waals surface area (Å²) in [4.78, 5) is 2.41. The second-order valence-electron chi connectivity index (χ2n) is 5.55. The van der Waals surface area contributed by atoms with Crippen LogP contribution < -0.4 is 0 Å². The number of rotatable bonds is 4. The predicted molar refractivity (Wildman–Crippen MR) is 80.2 cm³/mol. The molecule has 1 aliphatic carbocycles. The zero-order valence-corrected chi connectivity index (χ0v) is 12.9. The van der Waals surface area contributed by atoms with E-state index in [4.69, 9.17) is 11.6 Å². The lowest BCUT2D eigenvalue weighted by atomic mass is 10.2. The molecular weight excluding hydrogens is 296 g/mol. The standard InChI is InChI=1S/C14H19ClN2O2S/c15-13-3-1-12(2-4-13)11-20(18,19)17-9-7-16(8-10-17)14-5-6-14/h1-4,14H,5-11H2. The van der Waals surface area contributed by atoms with Gasteiger partial charge in [0.15, 0.2) is 0 Å². The van der Waals surface area contributed by atoms with Gasteiger partial charge in [0.05, 0.1) is 5.75 Å². The smallest absolute Gasteiger partial charge is 0.218 e. The fraction of sp³-hybridized carbons (Fsp3) is 0.571. The molecule has 0 bridgehead atoms. The van der Waals surface area contributed by atoms with E-state index in [0.29, 0.717) is 18.1 Å². The summed E-state index contributed by atoms with van der Waals surface area (Å²) in [5.74, 6) is 0.0631. The summed E-state index contributed by atoms with van der Waals surface area (Å²) >= 11 is 5.82. The van der Waals surface area contributed by atoms with Gasteiger partial charge >= 0.3 is 0 Å². The summed E-state index contributed by atoms with van der Waals surface area (Å²) in [6.07, 6.45) is 2.55. The normalized spacial score (nSPS) is 22.1. The van der Waals surface area contributed by atoms with Crippen molar-refractivity contribution in [2.45, 2.75) is 24.6 Å². The summed E-state index contributed by atoms with van der Waals surface area (Å²) < 4.78 is 26.4. The first-order valence-corrected chi connectivity index (χ1v) is 9.00. The highest BCUT2D eigenvalue weighted by Crippen LogP contribution is 2.28. The summed E-state index contributed by atoms with van der Waals surface area (Å²) in [5, 5.41) is 0.629. The van der Waals surface area contributed by atoms with Gasteiger partial charge in [0.1, 0.15) is 0 Å². The molecule has 1 saturated heterocycles. The molecule has 1 heterocycles. The Morgan fingerprint density at radius 1 is 1.05 bits per heavy atom. The number of hydrogen-bond donors (Lipinski definition) is 0. The quantitative estimate of drug-likeness (QED) is 0.853. The molecule has 0 N–H and O–H groups in total. The maximum absolute atomic E-state index is 12.4. The predicted octanol–water partition coefficient (Wildman–Crippen LogP) is 1.95. The third-order valence-corrected chi connectivity index (χ3v) is 6.09. The maximum atomic E-state index is 12.4. The maximum Gasteiger partial charge on any atom is 0.218 e. The molecule has 20 heavy (non-hydrogen) atoms. The van der Waals surface area contributed by atoms with Crippen molar-refractivity contribution < 1.29 is 8.42 Å². The van der Waals surface area contributed by atoms with Crippen LogP contribution in [0.4, 0.5) is 0 Å². The minimum absolute atomic E-state index is 0.0631. The molecule has 0 aromatic heterocycles. The van der Waals surface area contributed by atoms with Crippen molar-refractivity contribution in [2.75, 3.05) is 26.2 Å². The molecule has 2 aliphatic rings. The first-order chi connectivity index (χ1) is 9.54. The molecule has 3 rings (SSSR count). The minimum atomic E-state index is -3.21. The topological polar surface area (TPSA) is 40.6 Å². The lowest BCUT2D eigenvalue weighted by Gasteiger charge is -2.34. The zero-order valence-electron chi connectivity index (χ0n) is 11.3. The van der Waals surface area contributed by atoms with E-state index in [1.54, 1.807) is 28.6 Å². The van der Waals surface area contributed by atoms with Crippen molar-refractivity contribution in [3.63, 3.8) is 0 Å². The van der Waals surface area contributed by atoms with Gasteiger partial charge in [-0.05, 0) is 30.5 Å². The van der Waals surface area contributed by atoms with E-state index in [1.807, 2.05) is 0 Å². The van der Waals surface area contributed by atoms with Crippen molar-refractivity contribution in [1.82, 2.24) is 9.21 Å². The van der Waals surface area contributed by atoms with E-state index < -0.39 is 10.0 Å². The highest BCUT2D eigenvalue weighted by molar-refractivity contribution is 7.88. The van der Waals surface area contributed by atoms with Crippen LogP contribution in [0.15, 0.2) is 24.3 Å². The summed E-state index contributed by atoms with van der Waals surface area (Å²) in [6.45, 7) is 2.97. The van der Waals surface area contributed by atoms with Crippen LogP contribution in [0, 0.1) is 0 Å². The van der Waals surface area contributed by atoms with E-state index in [9.17, 15) is 8.42 Å². The summed E-state index contributed by atoms with van der Waals surface area (Å²) in [6, 6.07) is 7.74. The van der Waals surface area contributed by atoms with E-state index >= 15 is 0 Å². The zero-order chi connectivity index (χ0) is 14.2. The van der Waals surface area contributed by atoms with Crippen LogP contribution in [-0.4, -0.2) is 49.8 Å². The number of nitrogens with zero attached hydrogens (tertiary/aromatic N) is 2. The van der Waals surface area contributed by atoms with Crippen LogP contribution in [-0.2, 0) is 15.8 Å². The van der Waals surface area contributed by atoms with Crippen molar-refractivity contribution in [1.29, 1.82) is 0 Å². The Labute approximate surface area is 125 Å². The van der Waals surface area contributed by atoms with Gasteiger partial charge in [-0.15, -0.1) is 0 Å². The monoisotopic (exact) mass is 314 g/mol. The average Bonchev–Trinajstić information content (AvgIpc) is 3.26. The van der Waals surface area contributed by atoms with E-state index in [-0.39, 0.29) is 5.75 Å². The van der Waals surface area contributed by atoms with Gasteiger partial charge in [0, 0.05) is 37.2 Å². The average molecular weight is 315 g/mol. The van der Waals surface area contributed by atoms with Gasteiger partial charge < -0.3 is 0 Å². The number of halogens is 1. The molecule has 0 radical (unpaired) electrons. The molecule has 1 saturated carbocycles. The van der Waals surface area contributed by atoms with Gasteiger partial charge in [-0.3, -0.25) is 4.90 Å². The second-order valence-corrected chi connectivity index (χ2v) is 7.95. The molecule has 0 amide bonds. The van der Waals surface area contributed by atoms with E-state index in [1.165, 1.54) is 12.8 Å². The largest absolute Gasteiger partial charge is 0.298 e. The van der Waals surface area contributed by atoms with Crippen LogP contribution in [0.5, 0.6) is 0 Å². The third kappa shape index (κ3) is 3.34. The molecule has 2 fully saturated rings. The first kappa shape index (κ1) is 14.3. The number of piperazine rings is 1. The molecule has 0 spiro atoms. The fourth-order valence-corrected chi connectivity index (χ4v) is 4.31. The van der Waals surface area contributed by atoms with Crippen molar-refractivity contribution in [3.8, 4) is 0 Å². The van der Waals surface area contributed by atoms with Crippen LogP contribution >= 0.6 is 11.6 Å². The highest BCUT2D eigenvalue weighted by Gasteiger charge is 2.34. The Kier molecular flexibility index (Phi) is 4.04. The molecule has 110 valence electrons. The minimum Gasteiger partial charge on any atom is -0.298 e. The Balaban J connectivity index is 1.61. The first-order valence-electron chi connectivity index (χ1n) is 7.01. The molecular formula is C14H19ClN2O2S. The second kappa shape index (κ2) is 5.64. The lowest BCUT2D eigenvalue weighted by Crippen LogP contribution is -2.49. The molecule has 1 aliphatic heterocycles. The Morgan fingerprint density at radius 3 is 2.20 bits per heavy atom. The van der Waals surface area contributed by atoms with E-state index in [2.05, 4.69) is 4.90 Å². The molecule has 4 nitrogen and oxygen atoms in total. The third-order valence-electron chi connectivity index (χ3n) is 3.99. The number of benzene rings is 1. The van der Waals surface area contributed by atoms with Crippen LogP contribution in [0.1, 0.15) is 18.4 Å². The van der Waals surface area contributed by atoms with Gasteiger partial charge in [-0.2, -0.15) is 4.31 Å². The molecule has 0 atom stereocenters. The molecule has 6 heteroatoms. The Bertz CT molecular complexity index is 561. The Morgan fingerprint density at radius 2 is 1.65 bits per heavy atom. The van der Waals surface area contributed by atoms with Crippen molar-refractivity contribution in [2.24, 2.45) is 0 Å². The van der Waals surface area contributed by atoms with Gasteiger partial charge in [0.2, 0.25) is 10.0 Å². The van der Waals surface area contributed by atoms with Crippen LogP contribution in [0.2, 0.25) is 5.02 Å². The fourth-order valence-electron chi connectivity index (χ4n) is 2.67. The van der Waals surface area contributed by atoms with Gasteiger partial charge in [-0.25, -0.2) is 8.42 Å². The molecule has 0 unspecified atom stereocenters. The van der Waals surface area contributed by atoms with Gasteiger partial charge in [-0.1, -0.05) is 23.7 Å². The molecule has 1 aromatic rings. The SMILES string of the molecule is O=S(=O)(Cc1ccc(Cl)cc1)N1CCN(C2CC2)CC1.